The van der Waals surface area contributed by atoms with E-state index in [2.05, 4.69) is 14.5 Å². The first-order valence-electron chi connectivity index (χ1n) is 5.65. The summed E-state index contributed by atoms with van der Waals surface area (Å²) in [5.74, 6) is 1.53. The lowest BCUT2D eigenvalue weighted by molar-refractivity contribution is 0.103. The topological polar surface area (TPSA) is 39.9 Å². The number of fused-ring (bicyclic) bond motifs is 1. The minimum atomic E-state index is 0.128. The van der Waals surface area contributed by atoms with Crippen LogP contribution in [0.4, 0.5) is 0 Å². The summed E-state index contributed by atoms with van der Waals surface area (Å²) in [5, 5.41) is 0. The van der Waals surface area contributed by atoms with Gasteiger partial charge in [-0.3, -0.25) is 0 Å². The molecular formula is C12H16ClN3O. The zero-order chi connectivity index (χ0) is 12.3. The maximum Gasteiger partial charge on any atom is 0.160 e. The third kappa shape index (κ3) is 2.58. The molecule has 0 aliphatic heterocycles. The van der Waals surface area contributed by atoms with E-state index in [0.29, 0.717) is 5.88 Å². The maximum absolute atomic E-state index is 5.80. The summed E-state index contributed by atoms with van der Waals surface area (Å²) in [5.41, 5.74) is 1.81. The lowest BCUT2D eigenvalue weighted by Gasteiger charge is -2.13. The maximum atomic E-state index is 5.80. The second-order valence-electron chi connectivity index (χ2n) is 3.97. The van der Waals surface area contributed by atoms with Crippen LogP contribution in [0.5, 0.6) is 0 Å². The summed E-state index contributed by atoms with van der Waals surface area (Å²) < 4.78 is 7.39. The summed E-state index contributed by atoms with van der Waals surface area (Å²) in [7, 11) is 1.71. The number of aryl methyl sites for hydroxylation is 1. The Morgan fingerprint density at radius 3 is 3.06 bits per heavy atom. The Balaban J connectivity index is 2.44. The highest BCUT2D eigenvalue weighted by Crippen LogP contribution is 2.15. The van der Waals surface area contributed by atoms with Crippen LogP contribution < -0.4 is 0 Å². The molecule has 0 aliphatic rings. The van der Waals surface area contributed by atoms with Crippen LogP contribution in [-0.2, 0) is 17.7 Å². The molecule has 5 heteroatoms. The van der Waals surface area contributed by atoms with Gasteiger partial charge in [-0.2, -0.15) is 0 Å². The van der Waals surface area contributed by atoms with Crippen molar-refractivity contribution < 1.29 is 4.74 Å². The Morgan fingerprint density at radius 1 is 1.53 bits per heavy atom. The smallest absolute Gasteiger partial charge is 0.160 e. The normalized spacial score (nSPS) is 13.1. The fraction of sp³-hybridized carbons (Fsp3) is 0.500. The molecule has 2 heterocycles. The van der Waals surface area contributed by atoms with Gasteiger partial charge in [-0.15, -0.1) is 11.6 Å². The van der Waals surface area contributed by atoms with E-state index in [1.54, 1.807) is 13.3 Å². The van der Waals surface area contributed by atoms with Gasteiger partial charge in [0.15, 0.2) is 5.65 Å². The zero-order valence-electron chi connectivity index (χ0n) is 10.1. The molecule has 0 fully saturated rings. The third-order valence-corrected chi connectivity index (χ3v) is 2.93. The van der Waals surface area contributed by atoms with Crippen molar-refractivity contribution in [1.29, 1.82) is 0 Å². The number of imidazole rings is 1. The van der Waals surface area contributed by atoms with Gasteiger partial charge in [-0.05, 0) is 19.1 Å². The van der Waals surface area contributed by atoms with E-state index < -0.39 is 0 Å². The quantitative estimate of drug-likeness (QED) is 0.768. The summed E-state index contributed by atoms with van der Waals surface area (Å²) in [6, 6.07) is 3.86. The Bertz CT molecular complexity index is 497. The van der Waals surface area contributed by atoms with E-state index in [-0.39, 0.29) is 6.10 Å². The van der Waals surface area contributed by atoms with Crippen LogP contribution >= 0.6 is 11.6 Å². The van der Waals surface area contributed by atoms with Gasteiger partial charge in [0.05, 0.1) is 12.6 Å². The van der Waals surface area contributed by atoms with Crippen molar-refractivity contribution in [3.8, 4) is 0 Å². The van der Waals surface area contributed by atoms with E-state index >= 15 is 0 Å². The third-order valence-electron chi connectivity index (χ3n) is 2.74. The first kappa shape index (κ1) is 12.3. The van der Waals surface area contributed by atoms with Crippen LogP contribution in [0, 0.1) is 0 Å². The number of hydrogen-bond acceptors (Lipinski definition) is 3. The highest BCUT2D eigenvalue weighted by atomic mass is 35.5. The molecule has 4 nitrogen and oxygen atoms in total. The van der Waals surface area contributed by atoms with Gasteiger partial charge < -0.3 is 9.30 Å². The molecule has 0 aliphatic carbocycles. The lowest BCUT2D eigenvalue weighted by Crippen LogP contribution is -2.17. The highest BCUT2D eigenvalue weighted by Gasteiger charge is 2.13. The van der Waals surface area contributed by atoms with E-state index in [4.69, 9.17) is 16.3 Å². The molecule has 0 aromatic carbocycles. The van der Waals surface area contributed by atoms with Crippen molar-refractivity contribution in [2.24, 2.45) is 0 Å². The summed E-state index contributed by atoms with van der Waals surface area (Å²) in [4.78, 5) is 8.92. The predicted octanol–water partition coefficient (Wildman–Crippen LogP) is 2.25. The van der Waals surface area contributed by atoms with E-state index in [1.165, 1.54) is 0 Å². The number of ether oxygens (including phenoxy) is 1. The number of pyridine rings is 1. The SMILES string of the molecule is COC(C)Cn1c(CCCl)nc2cccnc21. The molecule has 0 bridgehead atoms. The van der Waals surface area contributed by atoms with Gasteiger partial charge >= 0.3 is 0 Å². The molecule has 2 rings (SSSR count). The number of alkyl halides is 1. The number of aromatic nitrogens is 3. The molecule has 1 unspecified atom stereocenters. The van der Waals surface area contributed by atoms with Gasteiger partial charge in [-0.25, -0.2) is 9.97 Å². The zero-order valence-corrected chi connectivity index (χ0v) is 10.8. The van der Waals surface area contributed by atoms with Gasteiger partial charge in [0.25, 0.3) is 0 Å². The van der Waals surface area contributed by atoms with Crippen LogP contribution in [0.2, 0.25) is 0 Å². The second kappa shape index (κ2) is 5.47. The standard InChI is InChI=1S/C12H16ClN3O/c1-9(17-2)8-16-11(5-6-13)15-10-4-3-7-14-12(10)16/h3-4,7,9H,5-6,8H2,1-2H3. The fourth-order valence-electron chi connectivity index (χ4n) is 1.80. The molecule has 2 aromatic rings. The number of nitrogens with zero attached hydrogens (tertiary/aromatic N) is 3. The first-order chi connectivity index (χ1) is 8.26. The van der Waals surface area contributed by atoms with Crippen molar-refractivity contribution in [2.75, 3.05) is 13.0 Å². The highest BCUT2D eigenvalue weighted by molar-refractivity contribution is 6.17. The van der Waals surface area contributed by atoms with Crippen molar-refractivity contribution >= 4 is 22.8 Å². The van der Waals surface area contributed by atoms with Crippen molar-refractivity contribution in [2.45, 2.75) is 26.0 Å². The second-order valence-corrected chi connectivity index (χ2v) is 4.35. The lowest BCUT2D eigenvalue weighted by atomic mass is 10.3. The first-order valence-corrected chi connectivity index (χ1v) is 6.18. The number of hydrogen-bond donors (Lipinski definition) is 0. The van der Waals surface area contributed by atoms with Crippen molar-refractivity contribution in [1.82, 2.24) is 14.5 Å². The van der Waals surface area contributed by atoms with Crippen LogP contribution in [-0.4, -0.2) is 33.6 Å². The summed E-state index contributed by atoms with van der Waals surface area (Å²) in [6.07, 6.45) is 2.65. The van der Waals surface area contributed by atoms with E-state index in [1.807, 2.05) is 19.1 Å². The van der Waals surface area contributed by atoms with E-state index in [0.717, 1.165) is 30.0 Å². The molecule has 0 spiro atoms. The summed E-state index contributed by atoms with van der Waals surface area (Å²) >= 11 is 5.80. The average molecular weight is 254 g/mol. The molecule has 2 aromatic heterocycles. The van der Waals surface area contributed by atoms with Crippen LogP contribution in [0.25, 0.3) is 11.2 Å². The van der Waals surface area contributed by atoms with Crippen LogP contribution in [0.15, 0.2) is 18.3 Å². The molecule has 0 saturated carbocycles. The average Bonchev–Trinajstić information content (AvgIpc) is 2.68. The molecule has 0 saturated heterocycles. The Hall–Kier alpha value is -1.13. The minimum absolute atomic E-state index is 0.128. The van der Waals surface area contributed by atoms with Crippen molar-refractivity contribution in [3.63, 3.8) is 0 Å². The molecule has 0 radical (unpaired) electrons. The number of halogens is 1. The fourth-order valence-corrected chi connectivity index (χ4v) is 1.97. The molecule has 1 atom stereocenters. The molecule has 92 valence electrons. The van der Waals surface area contributed by atoms with Gasteiger partial charge in [0.1, 0.15) is 11.3 Å². The molecule has 0 amide bonds. The van der Waals surface area contributed by atoms with E-state index in [9.17, 15) is 0 Å². The van der Waals surface area contributed by atoms with Crippen molar-refractivity contribution in [3.05, 3.63) is 24.2 Å². The molecule has 0 N–H and O–H groups in total. The Kier molecular flexibility index (Phi) is 3.97. The van der Waals surface area contributed by atoms with Crippen LogP contribution in [0.1, 0.15) is 12.7 Å². The molecular weight excluding hydrogens is 238 g/mol. The van der Waals surface area contributed by atoms with Gasteiger partial charge in [0, 0.05) is 25.6 Å². The Labute approximate surface area is 106 Å². The molecule has 17 heavy (non-hydrogen) atoms. The Morgan fingerprint density at radius 2 is 2.35 bits per heavy atom. The largest absolute Gasteiger partial charge is 0.380 e. The number of rotatable bonds is 5. The van der Waals surface area contributed by atoms with Gasteiger partial charge in [0.2, 0.25) is 0 Å². The monoisotopic (exact) mass is 253 g/mol. The minimum Gasteiger partial charge on any atom is -0.380 e. The van der Waals surface area contributed by atoms with Crippen LogP contribution in [0.3, 0.4) is 0 Å². The summed E-state index contributed by atoms with van der Waals surface area (Å²) in [6.45, 7) is 2.77. The number of methoxy groups -OCH3 is 1. The van der Waals surface area contributed by atoms with Gasteiger partial charge in [-0.1, -0.05) is 0 Å². The predicted molar refractivity (Wildman–Crippen MR) is 68.4 cm³/mol.